The number of halogens is 1. The van der Waals surface area contributed by atoms with E-state index in [2.05, 4.69) is 29.5 Å². The molecule has 1 aromatic heterocycles. The van der Waals surface area contributed by atoms with E-state index in [-0.39, 0.29) is 5.91 Å². The molecule has 0 saturated carbocycles. The van der Waals surface area contributed by atoms with Crippen molar-refractivity contribution < 1.29 is 9.53 Å². The van der Waals surface area contributed by atoms with Crippen molar-refractivity contribution in [1.29, 1.82) is 0 Å². The van der Waals surface area contributed by atoms with Gasteiger partial charge < -0.3 is 15.4 Å². The second-order valence-electron chi connectivity index (χ2n) is 5.84. The van der Waals surface area contributed by atoms with Gasteiger partial charge >= 0.3 is 0 Å². The van der Waals surface area contributed by atoms with E-state index in [9.17, 15) is 4.79 Å². The van der Waals surface area contributed by atoms with Crippen LogP contribution < -0.4 is 15.4 Å². The maximum atomic E-state index is 12.3. The number of aromatic nitrogens is 1. The fourth-order valence-corrected chi connectivity index (χ4v) is 2.27. The van der Waals surface area contributed by atoms with Crippen LogP contribution in [0.1, 0.15) is 30.6 Å². The van der Waals surface area contributed by atoms with Gasteiger partial charge in [-0.2, -0.15) is 0 Å². The summed E-state index contributed by atoms with van der Waals surface area (Å²) in [5, 5.41) is 6.55. The normalized spacial score (nSPS) is 10.5. The van der Waals surface area contributed by atoms with Gasteiger partial charge in [-0.05, 0) is 42.7 Å². The number of benzene rings is 1. The van der Waals surface area contributed by atoms with Gasteiger partial charge in [0, 0.05) is 17.8 Å². The average Bonchev–Trinajstić information content (AvgIpc) is 2.55. The number of hydrogen-bond donors (Lipinski definition) is 2. The van der Waals surface area contributed by atoms with Gasteiger partial charge in [-0.3, -0.25) is 4.79 Å². The molecule has 0 aliphatic heterocycles. The third kappa shape index (κ3) is 5.13. The van der Waals surface area contributed by atoms with Gasteiger partial charge in [-0.25, -0.2) is 4.98 Å². The van der Waals surface area contributed by atoms with Crippen LogP contribution >= 0.6 is 11.6 Å². The molecule has 0 saturated heterocycles. The molecule has 128 valence electrons. The van der Waals surface area contributed by atoms with Gasteiger partial charge in [0.1, 0.15) is 11.6 Å². The van der Waals surface area contributed by atoms with Crippen molar-refractivity contribution in [2.75, 3.05) is 24.3 Å². The monoisotopic (exact) mass is 347 g/mol. The Hall–Kier alpha value is -2.27. The van der Waals surface area contributed by atoms with Crippen molar-refractivity contribution in [1.82, 2.24) is 4.98 Å². The smallest absolute Gasteiger partial charge is 0.257 e. The minimum absolute atomic E-state index is 0.267. The lowest BCUT2D eigenvalue weighted by Gasteiger charge is -2.11. The second kappa shape index (κ2) is 8.55. The zero-order chi connectivity index (χ0) is 17.5. The maximum Gasteiger partial charge on any atom is 0.257 e. The number of amides is 1. The van der Waals surface area contributed by atoms with Gasteiger partial charge in [0.05, 0.1) is 18.4 Å². The molecule has 2 rings (SSSR count). The Bertz CT molecular complexity index is 687. The summed E-state index contributed by atoms with van der Waals surface area (Å²) >= 11 is 5.97. The molecule has 24 heavy (non-hydrogen) atoms. The molecule has 1 aromatic carbocycles. The van der Waals surface area contributed by atoms with E-state index in [1.807, 2.05) is 0 Å². The maximum absolute atomic E-state index is 12.3. The van der Waals surface area contributed by atoms with Gasteiger partial charge in [0.2, 0.25) is 0 Å². The molecule has 1 heterocycles. The van der Waals surface area contributed by atoms with Crippen LogP contribution in [0, 0.1) is 5.92 Å². The number of carbonyl (C=O) groups excluding carboxylic acids is 1. The number of nitrogens with one attached hydrogen (secondary N) is 2. The van der Waals surface area contributed by atoms with E-state index in [0.717, 1.165) is 18.8 Å². The minimum Gasteiger partial charge on any atom is -0.495 e. The first-order chi connectivity index (χ1) is 11.5. The summed E-state index contributed by atoms with van der Waals surface area (Å²) in [4.78, 5) is 16.6. The zero-order valence-electron chi connectivity index (χ0n) is 14.1. The molecular formula is C18H22ClN3O2. The highest BCUT2D eigenvalue weighted by molar-refractivity contribution is 6.31. The number of pyridine rings is 1. The van der Waals surface area contributed by atoms with E-state index in [1.165, 1.54) is 7.11 Å². The fraction of sp³-hybridized carbons (Fsp3) is 0.333. The summed E-state index contributed by atoms with van der Waals surface area (Å²) in [7, 11) is 1.54. The topological polar surface area (TPSA) is 63.2 Å². The lowest BCUT2D eigenvalue weighted by atomic mass is 10.1. The Morgan fingerprint density at radius 3 is 2.71 bits per heavy atom. The molecular weight excluding hydrogens is 326 g/mol. The lowest BCUT2D eigenvalue weighted by molar-refractivity contribution is 0.102. The Balaban J connectivity index is 2.01. The Kier molecular flexibility index (Phi) is 6.44. The number of nitrogens with zero attached hydrogens (tertiary/aromatic N) is 1. The van der Waals surface area contributed by atoms with Crippen LogP contribution in [-0.4, -0.2) is 24.5 Å². The molecule has 0 bridgehead atoms. The van der Waals surface area contributed by atoms with Crippen molar-refractivity contribution in [3.8, 4) is 5.75 Å². The summed E-state index contributed by atoms with van der Waals surface area (Å²) in [5.74, 6) is 1.67. The van der Waals surface area contributed by atoms with Gasteiger partial charge in [-0.1, -0.05) is 25.4 Å². The van der Waals surface area contributed by atoms with Crippen molar-refractivity contribution in [3.05, 3.63) is 47.1 Å². The molecule has 0 radical (unpaired) electrons. The molecule has 5 nitrogen and oxygen atoms in total. The SMILES string of the molecule is COc1ccc(Cl)cc1NC(=O)c1ccc(NCCC(C)C)nc1. The molecule has 0 aliphatic carbocycles. The number of ether oxygens (including phenoxy) is 1. The quantitative estimate of drug-likeness (QED) is 0.776. The predicted molar refractivity (Wildman–Crippen MR) is 98.1 cm³/mol. The van der Waals surface area contributed by atoms with Crippen molar-refractivity contribution in [2.45, 2.75) is 20.3 Å². The Morgan fingerprint density at radius 1 is 1.29 bits per heavy atom. The van der Waals surface area contributed by atoms with E-state index < -0.39 is 0 Å². The first kappa shape index (κ1) is 18.1. The summed E-state index contributed by atoms with van der Waals surface area (Å²) in [6.07, 6.45) is 2.61. The van der Waals surface area contributed by atoms with Crippen LogP contribution in [0.15, 0.2) is 36.5 Å². The third-order valence-electron chi connectivity index (χ3n) is 3.46. The van der Waals surface area contributed by atoms with E-state index in [0.29, 0.717) is 27.9 Å². The largest absolute Gasteiger partial charge is 0.495 e. The fourth-order valence-electron chi connectivity index (χ4n) is 2.09. The van der Waals surface area contributed by atoms with E-state index in [4.69, 9.17) is 16.3 Å². The number of rotatable bonds is 7. The second-order valence-corrected chi connectivity index (χ2v) is 6.28. The van der Waals surface area contributed by atoms with Crippen LogP contribution in [0.2, 0.25) is 5.02 Å². The first-order valence-corrected chi connectivity index (χ1v) is 8.22. The van der Waals surface area contributed by atoms with Crippen molar-refractivity contribution >= 4 is 29.0 Å². The number of methoxy groups -OCH3 is 1. The Morgan fingerprint density at radius 2 is 2.08 bits per heavy atom. The highest BCUT2D eigenvalue weighted by atomic mass is 35.5. The summed E-state index contributed by atoms with van der Waals surface area (Å²) < 4.78 is 5.22. The van der Waals surface area contributed by atoms with Crippen LogP contribution in [-0.2, 0) is 0 Å². The van der Waals surface area contributed by atoms with Crippen molar-refractivity contribution in [2.24, 2.45) is 5.92 Å². The molecule has 2 aromatic rings. The average molecular weight is 348 g/mol. The minimum atomic E-state index is -0.267. The number of anilines is 2. The van der Waals surface area contributed by atoms with E-state index >= 15 is 0 Å². The van der Waals surface area contributed by atoms with E-state index in [1.54, 1.807) is 36.5 Å². The molecule has 1 amide bonds. The molecule has 2 N–H and O–H groups in total. The molecule has 0 spiro atoms. The standard InChI is InChI=1S/C18H22ClN3O2/c1-12(2)8-9-20-17-7-4-13(11-21-17)18(23)22-15-10-14(19)5-6-16(15)24-3/h4-7,10-12H,8-9H2,1-3H3,(H,20,21)(H,22,23). The summed E-state index contributed by atoms with van der Waals surface area (Å²) in [5.41, 5.74) is 0.987. The zero-order valence-corrected chi connectivity index (χ0v) is 14.9. The van der Waals surface area contributed by atoms with Gasteiger partial charge in [0.25, 0.3) is 5.91 Å². The number of carbonyl (C=O) groups is 1. The molecule has 0 atom stereocenters. The third-order valence-corrected chi connectivity index (χ3v) is 3.70. The summed E-state index contributed by atoms with van der Waals surface area (Å²) in [6.45, 7) is 5.20. The van der Waals surface area contributed by atoms with Crippen LogP contribution in [0.5, 0.6) is 5.75 Å². The summed E-state index contributed by atoms with van der Waals surface area (Å²) in [6, 6.07) is 8.59. The molecule has 0 aliphatic rings. The number of hydrogen-bond acceptors (Lipinski definition) is 4. The van der Waals surface area contributed by atoms with Gasteiger partial charge in [-0.15, -0.1) is 0 Å². The van der Waals surface area contributed by atoms with Crippen LogP contribution in [0.25, 0.3) is 0 Å². The first-order valence-electron chi connectivity index (χ1n) is 7.84. The van der Waals surface area contributed by atoms with Crippen LogP contribution in [0.3, 0.4) is 0 Å². The van der Waals surface area contributed by atoms with Crippen LogP contribution in [0.4, 0.5) is 11.5 Å². The highest BCUT2D eigenvalue weighted by Gasteiger charge is 2.11. The predicted octanol–water partition coefficient (Wildman–Crippen LogP) is 4.45. The Labute approximate surface area is 147 Å². The lowest BCUT2D eigenvalue weighted by Crippen LogP contribution is -2.13. The van der Waals surface area contributed by atoms with Crippen molar-refractivity contribution in [3.63, 3.8) is 0 Å². The molecule has 0 unspecified atom stereocenters. The highest BCUT2D eigenvalue weighted by Crippen LogP contribution is 2.28. The van der Waals surface area contributed by atoms with Gasteiger partial charge in [0.15, 0.2) is 0 Å². The molecule has 0 fully saturated rings. The molecule has 6 heteroatoms.